The summed E-state index contributed by atoms with van der Waals surface area (Å²) >= 11 is 0. The van der Waals surface area contributed by atoms with Gasteiger partial charge in [-0.05, 0) is 93.5 Å². The number of hydrogen-bond acceptors (Lipinski definition) is 12. The molecule has 1 aliphatic heterocycles. The predicted molar refractivity (Wildman–Crippen MR) is 268 cm³/mol. The van der Waals surface area contributed by atoms with Crippen LogP contribution in [0, 0.1) is 5.92 Å². The Bertz CT molecular complexity index is 2100. The number of aliphatic imine (C=N–C) groups is 1. The molecule has 71 heavy (non-hydrogen) atoms. The lowest BCUT2D eigenvalue weighted by atomic mass is 9.98. The number of benzene rings is 2. The van der Waals surface area contributed by atoms with E-state index in [0.29, 0.717) is 37.7 Å². The molecule has 0 aliphatic carbocycles. The number of hydrogen-bond donors (Lipinski definition) is 11. The average Bonchev–Trinajstić information content (AvgIpc) is 3.84. The number of nitrogens with one attached hydrogen (secondary N) is 5. The highest BCUT2D eigenvalue weighted by Crippen LogP contribution is 2.21. The van der Waals surface area contributed by atoms with Crippen molar-refractivity contribution in [3.05, 3.63) is 65.7 Å². The second kappa shape index (κ2) is 30.0. The summed E-state index contributed by atoms with van der Waals surface area (Å²) < 4.78 is 0. The quantitative estimate of drug-likeness (QED) is 0.0252. The van der Waals surface area contributed by atoms with Gasteiger partial charge in [-0.25, -0.2) is 0 Å². The van der Waals surface area contributed by atoms with Gasteiger partial charge in [0, 0.05) is 26.6 Å². The molecule has 0 unspecified atom stereocenters. The Morgan fingerprint density at radius 3 is 1.99 bits per heavy atom. The van der Waals surface area contributed by atoms with Crippen LogP contribution in [0.1, 0.15) is 96.1 Å². The molecule has 7 atom stereocenters. The number of nitrogens with two attached hydrogens (primary N) is 5. The van der Waals surface area contributed by atoms with Crippen LogP contribution in [0.4, 0.5) is 0 Å². The molecule has 1 aliphatic rings. The fourth-order valence-electron chi connectivity index (χ4n) is 8.23. The van der Waals surface area contributed by atoms with Gasteiger partial charge in [-0.2, -0.15) is 0 Å². The number of likely N-dealkylation sites (N-methyl/N-ethyl adjacent to an activating group) is 1. The van der Waals surface area contributed by atoms with Gasteiger partial charge in [-0.15, -0.1) is 0 Å². The van der Waals surface area contributed by atoms with Gasteiger partial charge in [-0.3, -0.25) is 43.3 Å². The van der Waals surface area contributed by atoms with Crippen molar-refractivity contribution in [2.24, 2.45) is 39.6 Å². The van der Waals surface area contributed by atoms with E-state index in [4.69, 9.17) is 28.7 Å². The van der Waals surface area contributed by atoms with E-state index < -0.39 is 96.1 Å². The number of unbranched alkanes of at least 4 members (excludes halogenated alkanes) is 1. The van der Waals surface area contributed by atoms with E-state index in [1.165, 1.54) is 29.0 Å². The van der Waals surface area contributed by atoms with Gasteiger partial charge in [0.05, 0.1) is 12.6 Å². The van der Waals surface area contributed by atoms with E-state index in [-0.39, 0.29) is 82.2 Å². The predicted octanol–water partition coefficient (Wildman–Crippen LogP) is -1.11. The topological polar surface area (TPSA) is 366 Å². The van der Waals surface area contributed by atoms with Gasteiger partial charge >= 0.3 is 0 Å². The lowest BCUT2D eigenvalue weighted by molar-refractivity contribution is -0.144. The number of aromatic hydroxyl groups is 1. The van der Waals surface area contributed by atoms with Crippen molar-refractivity contribution >= 4 is 53.2 Å². The Balaban J connectivity index is 1.85. The fraction of sp³-hybridized carbons (Fsp3) is 0.571. The van der Waals surface area contributed by atoms with Crippen LogP contribution in [0.15, 0.2) is 59.6 Å². The first-order valence-electron chi connectivity index (χ1n) is 24.4. The molecular formula is C49H77N13O9. The molecule has 0 spiro atoms. The Morgan fingerprint density at radius 2 is 1.37 bits per heavy atom. The Hall–Kier alpha value is -6.81. The number of primary amides is 1. The van der Waals surface area contributed by atoms with Crippen LogP contribution in [0.25, 0.3) is 0 Å². The molecule has 16 N–H and O–H groups in total. The smallest absolute Gasteiger partial charge is 0.245 e. The first kappa shape index (κ1) is 58.5. The third-order valence-corrected chi connectivity index (χ3v) is 12.1. The number of carbonyl (C=O) groups excluding carboxylic acids is 8. The fourth-order valence-corrected chi connectivity index (χ4v) is 8.23. The number of nitrogens with zero attached hydrogens (tertiary/aromatic N) is 3. The third-order valence-electron chi connectivity index (χ3n) is 12.1. The van der Waals surface area contributed by atoms with Crippen LogP contribution >= 0.6 is 0 Å². The molecule has 1 heterocycles. The zero-order valence-electron chi connectivity index (χ0n) is 41.6. The summed E-state index contributed by atoms with van der Waals surface area (Å²) in [5.74, 6) is -5.22. The van der Waals surface area contributed by atoms with Crippen LogP contribution in [0.5, 0.6) is 5.75 Å². The summed E-state index contributed by atoms with van der Waals surface area (Å²) in [6.07, 6.45) is 3.34. The monoisotopic (exact) mass is 992 g/mol. The molecule has 0 radical (unpaired) electrons. The maximum absolute atomic E-state index is 14.5. The van der Waals surface area contributed by atoms with Crippen LogP contribution in [0.2, 0.25) is 0 Å². The highest BCUT2D eigenvalue weighted by Gasteiger charge is 2.40. The van der Waals surface area contributed by atoms with E-state index in [2.05, 4.69) is 31.6 Å². The van der Waals surface area contributed by atoms with Gasteiger partial charge in [-0.1, -0.05) is 76.1 Å². The van der Waals surface area contributed by atoms with Gasteiger partial charge < -0.3 is 70.2 Å². The van der Waals surface area contributed by atoms with Crippen LogP contribution in [-0.4, -0.2) is 144 Å². The number of guanidine groups is 1. The molecule has 1 fully saturated rings. The number of rotatable bonds is 30. The van der Waals surface area contributed by atoms with Gasteiger partial charge in [0.25, 0.3) is 0 Å². The number of amides is 8. The SMILES string of the molecule is CCCC[C@H](NC(=O)[C@H](CC(C)C)N(C)C(=O)[C@H](Cc1ccccc1)NC(=O)[C@@H](N)Cc1ccc(O)cc1)C(=O)N[C@@H](CCCN)C(=O)N1CCC[C@H]1C(=O)N[C@@H](CCCN=C(N)N)C(=O)NCC(N)=O. The number of phenols is 1. The van der Waals surface area contributed by atoms with Crippen molar-refractivity contribution in [1.29, 1.82) is 0 Å². The summed E-state index contributed by atoms with van der Waals surface area (Å²) in [6.45, 7) is 5.77. The summed E-state index contributed by atoms with van der Waals surface area (Å²) in [4.78, 5) is 116. The van der Waals surface area contributed by atoms with Crippen LogP contribution in [-0.2, 0) is 51.2 Å². The lowest BCUT2D eigenvalue weighted by Gasteiger charge is -2.34. The highest BCUT2D eigenvalue weighted by molar-refractivity contribution is 5.98. The molecule has 22 heteroatoms. The van der Waals surface area contributed by atoms with Crippen molar-refractivity contribution < 1.29 is 43.5 Å². The van der Waals surface area contributed by atoms with E-state index in [0.717, 1.165) is 5.56 Å². The number of phenolic OH excluding ortho intramolecular Hbond substituents is 1. The van der Waals surface area contributed by atoms with E-state index >= 15 is 0 Å². The molecule has 2 aromatic carbocycles. The Kier molecular flexibility index (Phi) is 24.8. The Morgan fingerprint density at radius 1 is 0.761 bits per heavy atom. The summed E-state index contributed by atoms with van der Waals surface area (Å²) in [7, 11) is 1.48. The minimum Gasteiger partial charge on any atom is -0.508 e. The summed E-state index contributed by atoms with van der Waals surface area (Å²) in [5.41, 5.74) is 29.7. The van der Waals surface area contributed by atoms with Crippen LogP contribution in [0.3, 0.4) is 0 Å². The number of carbonyl (C=O) groups is 8. The maximum atomic E-state index is 14.5. The van der Waals surface area contributed by atoms with Crippen molar-refractivity contribution in [3.63, 3.8) is 0 Å². The molecule has 0 bridgehead atoms. The summed E-state index contributed by atoms with van der Waals surface area (Å²) in [5, 5.41) is 23.3. The highest BCUT2D eigenvalue weighted by atomic mass is 16.3. The van der Waals surface area contributed by atoms with Crippen LogP contribution < -0.4 is 55.3 Å². The molecule has 0 saturated carbocycles. The molecule has 22 nitrogen and oxygen atoms in total. The molecule has 3 rings (SSSR count). The molecule has 0 aromatic heterocycles. The largest absolute Gasteiger partial charge is 0.508 e. The Labute approximate surface area is 416 Å². The minimum absolute atomic E-state index is 0.0623. The van der Waals surface area contributed by atoms with Crippen molar-refractivity contribution in [2.45, 2.75) is 140 Å². The second-order valence-corrected chi connectivity index (χ2v) is 18.4. The molecule has 1 saturated heterocycles. The molecule has 8 amide bonds. The van der Waals surface area contributed by atoms with Crippen molar-refractivity contribution in [2.75, 3.05) is 33.2 Å². The molecule has 392 valence electrons. The van der Waals surface area contributed by atoms with Gasteiger partial charge in [0.1, 0.15) is 42.0 Å². The van der Waals surface area contributed by atoms with E-state index in [1.807, 2.05) is 39.0 Å². The van der Waals surface area contributed by atoms with E-state index in [1.54, 1.807) is 24.3 Å². The number of likely N-dealkylation sites (tertiary alicyclic amines) is 1. The van der Waals surface area contributed by atoms with Gasteiger partial charge in [0.2, 0.25) is 47.3 Å². The first-order valence-corrected chi connectivity index (χ1v) is 24.4. The zero-order valence-corrected chi connectivity index (χ0v) is 41.6. The maximum Gasteiger partial charge on any atom is 0.245 e. The van der Waals surface area contributed by atoms with E-state index in [9.17, 15) is 43.5 Å². The second-order valence-electron chi connectivity index (χ2n) is 18.4. The molecular weight excluding hydrogens is 915 g/mol. The normalized spacial score (nSPS) is 15.8. The van der Waals surface area contributed by atoms with Gasteiger partial charge in [0.15, 0.2) is 5.96 Å². The van der Waals surface area contributed by atoms with Crippen molar-refractivity contribution in [3.8, 4) is 5.75 Å². The zero-order chi connectivity index (χ0) is 52.6. The van der Waals surface area contributed by atoms with Crippen molar-refractivity contribution in [1.82, 2.24) is 36.4 Å². The first-order chi connectivity index (χ1) is 33.7. The minimum atomic E-state index is -1.15. The third kappa shape index (κ3) is 19.8. The summed E-state index contributed by atoms with van der Waals surface area (Å²) in [6, 6.07) is 7.66. The lowest BCUT2D eigenvalue weighted by Crippen LogP contribution is -2.60. The molecule has 2 aromatic rings. The average molecular weight is 992 g/mol. The standard InChI is InChI=1S/C49H77N13O9/c1-5-6-15-36(44(67)59-37(16-10-23-50)48(71)62-25-12-18-39(62)45(68)57-35(17-11-24-55-49(53)54)43(66)56-29-41(52)64)58-46(69)40(26-30(2)3)61(4)47(70)38(28-31-13-8-7-9-14-31)60-42(65)34(51)27-32-19-21-33(63)22-20-32/h7-9,13-14,19-22,30,34-40,63H,5-6,10-12,15-18,23-29,50-51H2,1-4H3,(H2,52,64)(H,56,66)(H,57,68)(H,58,69)(H,59,67)(H,60,65)(H4,53,54,55)/t34-,35-,36-,37-,38-,39-,40-/m0/s1.